The predicted molar refractivity (Wildman–Crippen MR) is 133 cm³/mol. The molecule has 32 heavy (non-hydrogen) atoms. The van der Waals surface area contributed by atoms with E-state index in [1.165, 1.54) is 15.8 Å². The lowest BCUT2D eigenvalue weighted by Crippen LogP contribution is -2.53. The standard InChI is InChI=1S/C26H33N3O2S/c1-18(2)11-22-17-29(26-27-24-6-5-19(3)14-25(24)32-26)8-7-28(22)16-21-12-20(4)13-23(15-21)31-10-9-30/h5-6,9,12-15,18,22H,7-8,10-11,16-17H2,1-4H3/t22-/m0/s1. The average molecular weight is 452 g/mol. The van der Waals surface area contributed by atoms with E-state index in [2.05, 4.69) is 67.8 Å². The summed E-state index contributed by atoms with van der Waals surface area (Å²) in [5, 5.41) is 1.14. The summed E-state index contributed by atoms with van der Waals surface area (Å²) in [5.74, 6) is 1.40. The maximum Gasteiger partial charge on any atom is 0.186 e. The van der Waals surface area contributed by atoms with Gasteiger partial charge in [-0.2, -0.15) is 0 Å². The molecule has 0 saturated carbocycles. The van der Waals surface area contributed by atoms with E-state index in [9.17, 15) is 4.79 Å². The van der Waals surface area contributed by atoms with Gasteiger partial charge in [-0.15, -0.1) is 0 Å². The first kappa shape index (κ1) is 22.7. The molecule has 0 N–H and O–H groups in total. The third-order valence-electron chi connectivity index (χ3n) is 5.97. The molecule has 0 bridgehead atoms. The highest BCUT2D eigenvalue weighted by atomic mass is 32.1. The van der Waals surface area contributed by atoms with Gasteiger partial charge in [-0.05, 0) is 67.1 Å². The fourth-order valence-electron chi connectivity index (χ4n) is 4.56. The van der Waals surface area contributed by atoms with Gasteiger partial charge in [0.1, 0.15) is 12.4 Å². The number of hydrogen-bond donors (Lipinski definition) is 0. The Bertz CT molecular complexity index is 1080. The summed E-state index contributed by atoms with van der Waals surface area (Å²) in [6.45, 7) is 12.8. The number of carbonyl (C=O) groups excluding carboxylic acids is 1. The predicted octanol–water partition coefficient (Wildman–Crippen LogP) is 5.23. The lowest BCUT2D eigenvalue weighted by atomic mass is 9.99. The van der Waals surface area contributed by atoms with Crippen molar-refractivity contribution in [1.82, 2.24) is 9.88 Å². The first-order chi connectivity index (χ1) is 15.4. The number of hydrogen-bond acceptors (Lipinski definition) is 6. The molecule has 1 aromatic heterocycles. The molecule has 0 aliphatic carbocycles. The summed E-state index contributed by atoms with van der Waals surface area (Å²) in [6.07, 6.45) is 1.95. The van der Waals surface area contributed by atoms with E-state index < -0.39 is 0 Å². The van der Waals surface area contributed by atoms with Crippen molar-refractivity contribution in [2.45, 2.75) is 46.7 Å². The summed E-state index contributed by atoms with van der Waals surface area (Å²) in [4.78, 5) is 20.7. The van der Waals surface area contributed by atoms with Gasteiger partial charge in [0.25, 0.3) is 0 Å². The van der Waals surface area contributed by atoms with E-state index in [-0.39, 0.29) is 6.61 Å². The Balaban J connectivity index is 1.51. The first-order valence-electron chi connectivity index (χ1n) is 11.4. The van der Waals surface area contributed by atoms with Crippen LogP contribution in [0.5, 0.6) is 5.75 Å². The topological polar surface area (TPSA) is 45.7 Å². The molecule has 2 heterocycles. The number of rotatable bonds is 8. The van der Waals surface area contributed by atoms with Crippen LogP contribution in [0.1, 0.15) is 37.0 Å². The van der Waals surface area contributed by atoms with Crippen LogP contribution in [0.2, 0.25) is 0 Å². The van der Waals surface area contributed by atoms with Crippen molar-refractivity contribution in [3.63, 3.8) is 0 Å². The van der Waals surface area contributed by atoms with Gasteiger partial charge < -0.3 is 9.64 Å². The van der Waals surface area contributed by atoms with Gasteiger partial charge in [-0.3, -0.25) is 9.69 Å². The highest BCUT2D eigenvalue weighted by Gasteiger charge is 2.29. The minimum absolute atomic E-state index is 0.0965. The molecule has 1 atom stereocenters. The third-order valence-corrected chi connectivity index (χ3v) is 7.04. The van der Waals surface area contributed by atoms with E-state index in [1.807, 2.05) is 6.07 Å². The van der Waals surface area contributed by atoms with Crippen LogP contribution in [0.25, 0.3) is 10.2 Å². The average Bonchev–Trinajstić information content (AvgIpc) is 3.16. The molecular weight excluding hydrogens is 418 g/mol. The van der Waals surface area contributed by atoms with Crippen LogP contribution in [0.4, 0.5) is 5.13 Å². The monoisotopic (exact) mass is 451 g/mol. The maximum atomic E-state index is 10.7. The number of aldehydes is 1. The Morgan fingerprint density at radius 3 is 2.78 bits per heavy atom. The lowest BCUT2D eigenvalue weighted by molar-refractivity contribution is -0.109. The van der Waals surface area contributed by atoms with Crippen LogP contribution in [-0.2, 0) is 11.3 Å². The number of thiazole rings is 1. The fourth-order valence-corrected chi connectivity index (χ4v) is 5.66. The normalized spacial score (nSPS) is 17.3. The second-order valence-electron chi connectivity index (χ2n) is 9.30. The number of benzene rings is 2. The van der Waals surface area contributed by atoms with Crippen molar-refractivity contribution in [1.29, 1.82) is 0 Å². The zero-order valence-electron chi connectivity index (χ0n) is 19.5. The number of piperazine rings is 1. The minimum atomic E-state index is 0.0965. The highest BCUT2D eigenvalue weighted by Crippen LogP contribution is 2.32. The molecule has 1 fully saturated rings. The van der Waals surface area contributed by atoms with Crippen molar-refractivity contribution in [2.24, 2.45) is 5.92 Å². The van der Waals surface area contributed by atoms with Crippen LogP contribution < -0.4 is 9.64 Å². The number of fused-ring (bicyclic) bond motifs is 1. The Kier molecular flexibility index (Phi) is 7.11. The van der Waals surface area contributed by atoms with E-state index in [0.717, 1.165) is 60.8 Å². The van der Waals surface area contributed by atoms with Crippen molar-refractivity contribution in [2.75, 3.05) is 31.1 Å². The minimum Gasteiger partial charge on any atom is -0.486 e. The molecule has 1 aliphatic heterocycles. The molecule has 4 rings (SSSR count). The van der Waals surface area contributed by atoms with Crippen molar-refractivity contribution < 1.29 is 9.53 Å². The van der Waals surface area contributed by atoms with Gasteiger partial charge >= 0.3 is 0 Å². The molecule has 2 aromatic carbocycles. The molecule has 6 heteroatoms. The molecule has 1 aliphatic rings. The van der Waals surface area contributed by atoms with Crippen LogP contribution in [0.3, 0.4) is 0 Å². The van der Waals surface area contributed by atoms with E-state index in [0.29, 0.717) is 12.0 Å². The SMILES string of the molecule is Cc1cc(CN2CCN(c3nc4ccc(C)cc4s3)C[C@@H]2CC(C)C)cc(OCC=O)c1. The molecule has 0 amide bonds. The lowest BCUT2D eigenvalue weighted by Gasteiger charge is -2.42. The third kappa shape index (κ3) is 5.48. The summed E-state index contributed by atoms with van der Waals surface area (Å²) in [6, 6.07) is 13.3. The quantitative estimate of drug-likeness (QED) is 0.439. The highest BCUT2D eigenvalue weighted by molar-refractivity contribution is 7.22. The van der Waals surface area contributed by atoms with Crippen LogP contribution in [0, 0.1) is 19.8 Å². The molecule has 0 unspecified atom stereocenters. The van der Waals surface area contributed by atoms with Crippen LogP contribution in [0.15, 0.2) is 36.4 Å². The van der Waals surface area contributed by atoms with Gasteiger partial charge in [-0.1, -0.05) is 37.3 Å². The van der Waals surface area contributed by atoms with E-state index in [1.54, 1.807) is 11.3 Å². The van der Waals surface area contributed by atoms with Crippen molar-refractivity contribution in [3.8, 4) is 5.75 Å². The fraction of sp³-hybridized carbons (Fsp3) is 0.462. The van der Waals surface area contributed by atoms with E-state index >= 15 is 0 Å². The molecule has 170 valence electrons. The van der Waals surface area contributed by atoms with Gasteiger partial charge in [0.2, 0.25) is 0 Å². The molecule has 5 nitrogen and oxygen atoms in total. The van der Waals surface area contributed by atoms with Gasteiger partial charge in [-0.25, -0.2) is 4.98 Å². The smallest absolute Gasteiger partial charge is 0.186 e. The second-order valence-corrected chi connectivity index (χ2v) is 10.3. The molecular formula is C26H33N3O2S. The Morgan fingerprint density at radius 1 is 1.16 bits per heavy atom. The summed E-state index contributed by atoms with van der Waals surface area (Å²) >= 11 is 1.81. The van der Waals surface area contributed by atoms with Gasteiger partial charge in [0.15, 0.2) is 11.4 Å². The van der Waals surface area contributed by atoms with Gasteiger partial charge in [0.05, 0.1) is 10.2 Å². The van der Waals surface area contributed by atoms with Crippen molar-refractivity contribution >= 4 is 33.0 Å². The summed E-state index contributed by atoms with van der Waals surface area (Å²) in [5.41, 5.74) is 4.78. The number of aromatic nitrogens is 1. The number of ether oxygens (including phenoxy) is 1. The van der Waals surface area contributed by atoms with Gasteiger partial charge in [0, 0.05) is 32.2 Å². The number of carbonyl (C=O) groups is 1. The Morgan fingerprint density at radius 2 is 2.00 bits per heavy atom. The first-order valence-corrected chi connectivity index (χ1v) is 12.3. The second kappa shape index (κ2) is 10.0. The Hall–Kier alpha value is -2.44. The summed E-state index contributed by atoms with van der Waals surface area (Å²) < 4.78 is 6.84. The molecule has 3 aromatic rings. The van der Waals surface area contributed by atoms with Crippen LogP contribution in [-0.4, -0.2) is 48.5 Å². The van der Waals surface area contributed by atoms with Crippen molar-refractivity contribution in [3.05, 3.63) is 53.1 Å². The zero-order valence-corrected chi connectivity index (χ0v) is 20.3. The molecule has 1 saturated heterocycles. The maximum absolute atomic E-state index is 10.7. The largest absolute Gasteiger partial charge is 0.486 e. The van der Waals surface area contributed by atoms with Crippen LogP contribution >= 0.6 is 11.3 Å². The summed E-state index contributed by atoms with van der Waals surface area (Å²) in [7, 11) is 0. The number of anilines is 1. The van der Waals surface area contributed by atoms with E-state index in [4.69, 9.17) is 9.72 Å². The number of aryl methyl sites for hydroxylation is 2. The molecule has 0 spiro atoms. The molecule has 0 radical (unpaired) electrons. The number of nitrogens with zero attached hydrogens (tertiary/aromatic N) is 3. The zero-order chi connectivity index (χ0) is 22.7. The Labute approximate surface area is 195 Å².